The molecule has 2 N–H and O–H groups in total. The molecule has 1 aliphatic heterocycles. The van der Waals surface area contributed by atoms with Gasteiger partial charge in [0.1, 0.15) is 0 Å². The van der Waals surface area contributed by atoms with Gasteiger partial charge in [-0.15, -0.1) is 0 Å². The van der Waals surface area contributed by atoms with Gasteiger partial charge in [0, 0.05) is 36.3 Å². The Kier molecular flexibility index (Phi) is 6.33. The number of fused-ring (bicyclic) bond motifs is 1. The van der Waals surface area contributed by atoms with Crippen LogP contribution >= 0.6 is 0 Å². The lowest BCUT2D eigenvalue weighted by Gasteiger charge is -2.29. The minimum absolute atomic E-state index is 0.528. The lowest BCUT2D eigenvalue weighted by molar-refractivity contribution is 0.148. The van der Waals surface area contributed by atoms with E-state index in [-0.39, 0.29) is 0 Å². The van der Waals surface area contributed by atoms with Crippen molar-refractivity contribution in [1.82, 2.24) is 14.9 Å². The monoisotopic (exact) mass is 438 g/mol. The summed E-state index contributed by atoms with van der Waals surface area (Å²) in [5.41, 5.74) is 12.0. The van der Waals surface area contributed by atoms with E-state index in [1.807, 2.05) is 12.1 Å². The first kappa shape index (κ1) is 21.6. The fourth-order valence-electron chi connectivity index (χ4n) is 4.65. The fourth-order valence-corrected chi connectivity index (χ4v) is 4.65. The van der Waals surface area contributed by atoms with E-state index < -0.39 is 0 Å². The molecule has 5 nitrogen and oxygen atoms in total. The van der Waals surface area contributed by atoms with E-state index in [2.05, 4.69) is 71.5 Å². The summed E-state index contributed by atoms with van der Waals surface area (Å²) in [6.07, 6.45) is 4.21. The Balaban J connectivity index is 1.56. The minimum atomic E-state index is 0.528. The molecule has 1 atom stereocenters. The summed E-state index contributed by atoms with van der Waals surface area (Å²) < 4.78 is 6.28. The van der Waals surface area contributed by atoms with E-state index in [1.54, 1.807) is 6.20 Å². The number of hydrogen-bond donors (Lipinski definition) is 1. The highest BCUT2D eigenvalue weighted by atomic mass is 16.5. The second kappa shape index (κ2) is 9.69. The van der Waals surface area contributed by atoms with Gasteiger partial charge in [-0.05, 0) is 49.7 Å². The maximum absolute atomic E-state index is 6.28. The van der Waals surface area contributed by atoms with Crippen molar-refractivity contribution in [3.63, 3.8) is 0 Å². The number of hydrogen-bond acceptors (Lipinski definition) is 5. The molecule has 4 aromatic rings. The number of nitrogens with zero attached hydrogens (tertiary/aromatic N) is 3. The van der Waals surface area contributed by atoms with Gasteiger partial charge >= 0.3 is 0 Å². The predicted molar refractivity (Wildman–Crippen MR) is 134 cm³/mol. The summed E-state index contributed by atoms with van der Waals surface area (Å²) in [6.45, 7) is 3.45. The molecule has 1 aliphatic rings. The zero-order valence-corrected chi connectivity index (χ0v) is 19.1. The molecule has 2 aromatic heterocycles. The van der Waals surface area contributed by atoms with Crippen LogP contribution in [-0.2, 0) is 6.54 Å². The molecule has 1 unspecified atom stereocenters. The van der Waals surface area contributed by atoms with Gasteiger partial charge in [-0.25, -0.2) is 9.97 Å². The van der Waals surface area contributed by atoms with E-state index in [9.17, 15) is 0 Å². The third-order valence-corrected chi connectivity index (χ3v) is 6.43. The van der Waals surface area contributed by atoms with Gasteiger partial charge in [0.2, 0.25) is 5.88 Å². The van der Waals surface area contributed by atoms with Crippen molar-refractivity contribution < 1.29 is 4.74 Å². The van der Waals surface area contributed by atoms with E-state index in [4.69, 9.17) is 15.5 Å². The molecule has 1 saturated heterocycles. The van der Waals surface area contributed by atoms with Gasteiger partial charge in [0.05, 0.1) is 23.2 Å². The molecule has 0 saturated carbocycles. The number of aromatic nitrogens is 2. The lowest BCUT2D eigenvalue weighted by Crippen LogP contribution is -2.34. The highest BCUT2D eigenvalue weighted by Gasteiger charge is 2.19. The van der Waals surface area contributed by atoms with Crippen LogP contribution in [0.25, 0.3) is 33.3 Å². The molecule has 0 bridgehead atoms. The van der Waals surface area contributed by atoms with Crippen LogP contribution in [0.2, 0.25) is 0 Å². The molecule has 5 rings (SSSR count). The second-order valence-corrected chi connectivity index (χ2v) is 8.92. The molecule has 0 radical (unpaired) electrons. The highest BCUT2D eigenvalue weighted by Crippen LogP contribution is 2.36. The molecular formula is C28H30N4O. The van der Waals surface area contributed by atoms with Crippen LogP contribution in [0.1, 0.15) is 18.4 Å². The largest absolute Gasteiger partial charge is 0.477 e. The molecule has 3 heterocycles. The quantitative estimate of drug-likeness (QED) is 0.451. The SMILES string of the molecule is CN1CCCC(COc2nccc3nc(-c4ccc(CN)cc4)c(-c4ccccc4)cc23)C1. The number of rotatable bonds is 6. The predicted octanol–water partition coefficient (Wildman–Crippen LogP) is 5.14. The van der Waals surface area contributed by atoms with Gasteiger partial charge in [-0.2, -0.15) is 0 Å². The van der Waals surface area contributed by atoms with E-state index in [1.165, 1.54) is 19.4 Å². The molecular weight excluding hydrogens is 408 g/mol. The second-order valence-electron chi connectivity index (χ2n) is 8.92. The van der Waals surface area contributed by atoms with Crippen molar-refractivity contribution in [3.8, 4) is 28.3 Å². The van der Waals surface area contributed by atoms with Crippen LogP contribution in [0.15, 0.2) is 72.9 Å². The van der Waals surface area contributed by atoms with E-state index in [0.29, 0.717) is 24.9 Å². The van der Waals surface area contributed by atoms with Gasteiger partial charge in [-0.3, -0.25) is 0 Å². The van der Waals surface area contributed by atoms with Gasteiger partial charge in [0.15, 0.2) is 0 Å². The third kappa shape index (κ3) is 4.75. The van der Waals surface area contributed by atoms with Gasteiger partial charge in [-0.1, -0.05) is 54.6 Å². The molecule has 0 spiro atoms. The summed E-state index contributed by atoms with van der Waals surface area (Å²) in [5, 5.41) is 0.947. The Morgan fingerprint density at radius 2 is 1.85 bits per heavy atom. The average Bonchev–Trinajstić information content (AvgIpc) is 2.87. The van der Waals surface area contributed by atoms with Crippen molar-refractivity contribution >= 4 is 10.9 Å². The van der Waals surface area contributed by atoms with Crippen molar-refractivity contribution in [1.29, 1.82) is 0 Å². The summed E-state index contributed by atoms with van der Waals surface area (Å²) in [4.78, 5) is 12.0. The Morgan fingerprint density at radius 1 is 1.03 bits per heavy atom. The third-order valence-electron chi connectivity index (χ3n) is 6.43. The normalized spacial score (nSPS) is 16.7. The van der Waals surface area contributed by atoms with Crippen LogP contribution in [0.3, 0.4) is 0 Å². The number of likely N-dealkylation sites (tertiary alicyclic amines) is 1. The fraction of sp³-hybridized carbons (Fsp3) is 0.286. The molecule has 5 heteroatoms. The Bertz CT molecular complexity index is 1220. The standard InChI is InChI=1S/C28H30N4O/c1-32-15-5-6-21(18-32)19-33-28-25-16-24(22-7-3-2-4-8-22)27(31-26(25)13-14-30-28)23-11-9-20(17-29)10-12-23/h2-4,7-14,16,21H,5-6,15,17-19,29H2,1H3. The van der Waals surface area contributed by atoms with Crippen LogP contribution in [0, 0.1) is 5.92 Å². The maximum Gasteiger partial charge on any atom is 0.222 e. The van der Waals surface area contributed by atoms with Crippen molar-refractivity contribution in [2.75, 3.05) is 26.7 Å². The average molecular weight is 439 g/mol. The number of nitrogens with two attached hydrogens (primary N) is 1. The van der Waals surface area contributed by atoms with Crippen LogP contribution in [-0.4, -0.2) is 41.6 Å². The first-order valence-corrected chi connectivity index (χ1v) is 11.7. The summed E-state index contributed by atoms with van der Waals surface area (Å²) in [6, 6.07) is 22.9. The first-order valence-electron chi connectivity index (χ1n) is 11.7. The van der Waals surface area contributed by atoms with E-state index >= 15 is 0 Å². The Labute approximate surface area is 195 Å². The topological polar surface area (TPSA) is 64.3 Å². The highest BCUT2D eigenvalue weighted by molar-refractivity contribution is 5.93. The summed E-state index contributed by atoms with van der Waals surface area (Å²) in [7, 11) is 2.18. The minimum Gasteiger partial charge on any atom is -0.477 e. The molecule has 0 aliphatic carbocycles. The Hall–Kier alpha value is -3.28. The Morgan fingerprint density at radius 3 is 2.61 bits per heavy atom. The molecule has 33 heavy (non-hydrogen) atoms. The van der Waals surface area contributed by atoms with Crippen molar-refractivity contribution in [2.24, 2.45) is 11.7 Å². The molecule has 2 aromatic carbocycles. The lowest BCUT2D eigenvalue weighted by atomic mass is 9.97. The van der Waals surface area contributed by atoms with Gasteiger partial charge < -0.3 is 15.4 Å². The molecule has 168 valence electrons. The summed E-state index contributed by atoms with van der Waals surface area (Å²) in [5.74, 6) is 1.19. The number of ether oxygens (including phenoxy) is 1. The van der Waals surface area contributed by atoms with Crippen LogP contribution in [0.4, 0.5) is 0 Å². The zero-order chi connectivity index (χ0) is 22.6. The van der Waals surface area contributed by atoms with Crippen molar-refractivity contribution in [2.45, 2.75) is 19.4 Å². The zero-order valence-electron chi connectivity index (χ0n) is 19.1. The molecule has 1 fully saturated rings. The maximum atomic E-state index is 6.28. The van der Waals surface area contributed by atoms with Crippen molar-refractivity contribution in [3.05, 3.63) is 78.5 Å². The summed E-state index contributed by atoms with van der Waals surface area (Å²) >= 11 is 0. The number of piperidine rings is 1. The van der Waals surface area contributed by atoms with Crippen LogP contribution < -0.4 is 10.5 Å². The number of pyridine rings is 2. The number of benzene rings is 2. The first-order chi connectivity index (χ1) is 16.2. The van der Waals surface area contributed by atoms with Crippen LogP contribution in [0.5, 0.6) is 5.88 Å². The van der Waals surface area contributed by atoms with Gasteiger partial charge in [0.25, 0.3) is 0 Å². The smallest absolute Gasteiger partial charge is 0.222 e. The molecule has 0 amide bonds. The van der Waals surface area contributed by atoms with E-state index in [0.717, 1.165) is 45.4 Å².